The summed E-state index contributed by atoms with van der Waals surface area (Å²) in [5.41, 5.74) is 1.41. The lowest BCUT2D eigenvalue weighted by molar-refractivity contribution is -0.139. The molecule has 1 aliphatic rings. The number of nitrogens with zero attached hydrogens (tertiary/aromatic N) is 2. The molecule has 0 spiro atoms. The summed E-state index contributed by atoms with van der Waals surface area (Å²) in [6.45, 7) is 5.96. The number of aliphatic hydroxyl groups excluding tert-OH is 1. The van der Waals surface area contributed by atoms with Gasteiger partial charge < -0.3 is 19.6 Å². The predicted octanol–water partition coefficient (Wildman–Crippen LogP) is 4.09. The molecular weight excluding hydrogens is 404 g/mol. The quantitative estimate of drug-likeness (QED) is 0.364. The highest BCUT2D eigenvalue weighted by Gasteiger charge is 2.45. The minimum Gasteiger partial charge on any atom is -0.507 e. The molecule has 1 saturated heterocycles. The maximum absolute atomic E-state index is 13.0. The van der Waals surface area contributed by atoms with E-state index in [-0.39, 0.29) is 11.3 Å². The fourth-order valence-electron chi connectivity index (χ4n) is 3.78. The van der Waals surface area contributed by atoms with Crippen LogP contribution in [0.15, 0.2) is 60.2 Å². The van der Waals surface area contributed by atoms with Crippen molar-refractivity contribution in [1.29, 1.82) is 0 Å². The van der Waals surface area contributed by atoms with E-state index in [2.05, 4.69) is 13.8 Å². The zero-order valence-corrected chi connectivity index (χ0v) is 19.2. The second-order valence-corrected chi connectivity index (χ2v) is 8.79. The first-order valence-electron chi connectivity index (χ1n) is 11.0. The Morgan fingerprint density at radius 3 is 2.31 bits per heavy atom. The Morgan fingerprint density at radius 1 is 1.06 bits per heavy atom. The number of ether oxygens (including phenoxy) is 1. The van der Waals surface area contributed by atoms with Gasteiger partial charge in [-0.05, 0) is 62.8 Å². The van der Waals surface area contributed by atoms with E-state index in [1.165, 1.54) is 0 Å². The number of ketones is 1. The van der Waals surface area contributed by atoms with E-state index in [4.69, 9.17) is 4.74 Å². The Hall–Kier alpha value is -3.12. The van der Waals surface area contributed by atoms with E-state index in [1.54, 1.807) is 29.2 Å². The van der Waals surface area contributed by atoms with Crippen molar-refractivity contribution >= 4 is 17.4 Å². The molecular formula is C26H32N2O4. The smallest absolute Gasteiger partial charge is 0.295 e. The normalized spacial score (nSPS) is 18.1. The van der Waals surface area contributed by atoms with Crippen LogP contribution < -0.4 is 4.74 Å². The van der Waals surface area contributed by atoms with Gasteiger partial charge in [0, 0.05) is 12.1 Å². The Labute approximate surface area is 190 Å². The fraction of sp³-hybridized carbons (Fsp3) is 0.385. The van der Waals surface area contributed by atoms with Gasteiger partial charge in [-0.15, -0.1) is 0 Å². The molecule has 2 aromatic rings. The number of hydrogen-bond donors (Lipinski definition) is 1. The SMILES string of the molecule is CC(C)COc1ccc(C(O)=C2C(=O)C(=O)N(CCCN(C)C)C2c2ccccc2)cc1. The van der Waals surface area contributed by atoms with E-state index in [0.717, 1.165) is 18.5 Å². The zero-order chi connectivity index (χ0) is 23.3. The van der Waals surface area contributed by atoms with Crippen molar-refractivity contribution in [2.45, 2.75) is 26.3 Å². The highest BCUT2D eigenvalue weighted by molar-refractivity contribution is 6.46. The average Bonchev–Trinajstić information content (AvgIpc) is 3.03. The highest BCUT2D eigenvalue weighted by atomic mass is 16.5. The van der Waals surface area contributed by atoms with Gasteiger partial charge in [0.05, 0.1) is 18.2 Å². The third kappa shape index (κ3) is 5.37. The summed E-state index contributed by atoms with van der Waals surface area (Å²) in [7, 11) is 3.94. The Bertz CT molecular complexity index is 965. The number of amides is 1. The van der Waals surface area contributed by atoms with Crippen molar-refractivity contribution in [2.75, 3.05) is 33.8 Å². The first kappa shape index (κ1) is 23.5. The Morgan fingerprint density at radius 2 is 1.72 bits per heavy atom. The molecule has 1 unspecified atom stereocenters. The molecule has 0 aliphatic carbocycles. The van der Waals surface area contributed by atoms with Gasteiger partial charge in [-0.25, -0.2) is 0 Å². The highest BCUT2D eigenvalue weighted by Crippen LogP contribution is 2.39. The van der Waals surface area contributed by atoms with Crippen LogP contribution in [0.1, 0.15) is 37.4 Å². The van der Waals surface area contributed by atoms with Gasteiger partial charge in [0.2, 0.25) is 0 Å². The van der Waals surface area contributed by atoms with Crippen molar-refractivity contribution in [2.24, 2.45) is 5.92 Å². The van der Waals surface area contributed by atoms with E-state index in [1.807, 2.05) is 49.3 Å². The van der Waals surface area contributed by atoms with Crippen LogP contribution >= 0.6 is 0 Å². The van der Waals surface area contributed by atoms with Crippen molar-refractivity contribution in [1.82, 2.24) is 9.80 Å². The molecule has 6 heteroatoms. The van der Waals surface area contributed by atoms with Crippen LogP contribution in [0.25, 0.3) is 5.76 Å². The topological polar surface area (TPSA) is 70.1 Å². The van der Waals surface area contributed by atoms with E-state index < -0.39 is 17.7 Å². The number of rotatable bonds is 9. The number of benzene rings is 2. The second-order valence-electron chi connectivity index (χ2n) is 8.79. The third-order valence-electron chi connectivity index (χ3n) is 5.37. The molecule has 1 aliphatic heterocycles. The van der Waals surface area contributed by atoms with Crippen LogP contribution in [0.4, 0.5) is 0 Å². The van der Waals surface area contributed by atoms with E-state index >= 15 is 0 Å². The van der Waals surface area contributed by atoms with E-state index in [9.17, 15) is 14.7 Å². The molecule has 0 bridgehead atoms. The summed E-state index contributed by atoms with van der Waals surface area (Å²) in [5.74, 6) is -0.295. The molecule has 6 nitrogen and oxygen atoms in total. The number of carbonyl (C=O) groups excluding carboxylic acids is 2. The summed E-state index contributed by atoms with van der Waals surface area (Å²) >= 11 is 0. The molecule has 1 atom stereocenters. The molecule has 1 N–H and O–H groups in total. The second kappa shape index (κ2) is 10.5. The molecule has 0 aromatic heterocycles. The van der Waals surface area contributed by atoms with Crippen LogP contribution in [-0.4, -0.2) is 60.4 Å². The van der Waals surface area contributed by atoms with Crippen LogP contribution in [-0.2, 0) is 9.59 Å². The Kier molecular flexibility index (Phi) is 7.70. The van der Waals surface area contributed by atoms with Gasteiger partial charge >= 0.3 is 0 Å². The monoisotopic (exact) mass is 436 g/mol. The maximum Gasteiger partial charge on any atom is 0.295 e. The van der Waals surface area contributed by atoms with Crippen molar-refractivity contribution < 1.29 is 19.4 Å². The van der Waals surface area contributed by atoms with Crippen molar-refractivity contribution in [3.05, 3.63) is 71.3 Å². The van der Waals surface area contributed by atoms with E-state index in [0.29, 0.717) is 30.4 Å². The maximum atomic E-state index is 13.0. The molecule has 170 valence electrons. The average molecular weight is 437 g/mol. The molecule has 0 saturated carbocycles. The molecule has 32 heavy (non-hydrogen) atoms. The number of aliphatic hydroxyl groups is 1. The van der Waals surface area contributed by atoms with Gasteiger partial charge in [0.15, 0.2) is 0 Å². The first-order chi connectivity index (χ1) is 15.3. The first-order valence-corrected chi connectivity index (χ1v) is 11.0. The van der Waals surface area contributed by atoms with Crippen LogP contribution in [0, 0.1) is 5.92 Å². The largest absolute Gasteiger partial charge is 0.507 e. The molecule has 1 amide bonds. The molecule has 1 heterocycles. The summed E-state index contributed by atoms with van der Waals surface area (Å²) in [4.78, 5) is 29.5. The lowest BCUT2D eigenvalue weighted by Crippen LogP contribution is -2.32. The van der Waals surface area contributed by atoms with Crippen LogP contribution in [0.5, 0.6) is 5.75 Å². The lowest BCUT2D eigenvalue weighted by atomic mass is 9.95. The van der Waals surface area contributed by atoms with Crippen LogP contribution in [0.3, 0.4) is 0 Å². The van der Waals surface area contributed by atoms with Gasteiger partial charge in [-0.1, -0.05) is 44.2 Å². The van der Waals surface area contributed by atoms with Crippen molar-refractivity contribution in [3.8, 4) is 5.75 Å². The fourth-order valence-corrected chi connectivity index (χ4v) is 3.78. The van der Waals surface area contributed by atoms with Crippen LogP contribution in [0.2, 0.25) is 0 Å². The zero-order valence-electron chi connectivity index (χ0n) is 19.2. The van der Waals surface area contributed by atoms with Gasteiger partial charge in [-0.2, -0.15) is 0 Å². The number of carbonyl (C=O) groups is 2. The van der Waals surface area contributed by atoms with Gasteiger partial charge in [-0.3, -0.25) is 9.59 Å². The van der Waals surface area contributed by atoms with Crippen molar-refractivity contribution in [3.63, 3.8) is 0 Å². The number of likely N-dealkylation sites (tertiary alicyclic amines) is 1. The number of Topliss-reactive ketones (excluding diaryl/α,β-unsaturated/α-hetero) is 1. The van der Waals surface area contributed by atoms with Gasteiger partial charge in [0.1, 0.15) is 11.5 Å². The predicted molar refractivity (Wildman–Crippen MR) is 125 cm³/mol. The molecule has 2 aromatic carbocycles. The third-order valence-corrected chi connectivity index (χ3v) is 5.37. The number of hydrogen-bond acceptors (Lipinski definition) is 5. The molecule has 1 fully saturated rings. The summed E-state index contributed by atoms with van der Waals surface area (Å²) in [5, 5.41) is 11.1. The molecule has 3 rings (SSSR count). The lowest BCUT2D eigenvalue weighted by Gasteiger charge is -2.26. The summed E-state index contributed by atoms with van der Waals surface area (Å²) in [6, 6.07) is 15.7. The van der Waals surface area contributed by atoms with Gasteiger partial charge in [0.25, 0.3) is 11.7 Å². The standard InChI is InChI=1S/C26H32N2O4/c1-18(2)17-32-21-13-11-20(12-14-21)24(29)22-23(19-9-6-5-7-10-19)28(26(31)25(22)30)16-8-15-27(3)4/h5-7,9-14,18,23,29H,8,15-17H2,1-4H3. The Balaban J connectivity index is 1.96. The minimum absolute atomic E-state index is 0.127. The molecule has 0 radical (unpaired) electrons. The minimum atomic E-state index is -0.652. The summed E-state index contributed by atoms with van der Waals surface area (Å²) < 4.78 is 5.71. The summed E-state index contributed by atoms with van der Waals surface area (Å²) in [6.07, 6.45) is 0.727.